The van der Waals surface area contributed by atoms with Crippen LogP contribution >= 0.6 is 0 Å². The topological polar surface area (TPSA) is 66.8 Å². The van der Waals surface area contributed by atoms with Crippen molar-refractivity contribution in [3.05, 3.63) is 60.7 Å². The van der Waals surface area contributed by atoms with Gasteiger partial charge >= 0.3 is 5.97 Å². The summed E-state index contributed by atoms with van der Waals surface area (Å²) in [6.45, 7) is -0.778. The summed E-state index contributed by atoms with van der Waals surface area (Å²) in [4.78, 5) is 9.12. The number of aliphatic hydroxyl groups excluding tert-OH is 1. The number of carboxylic acids is 1. The second kappa shape index (κ2) is 7.86. The van der Waals surface area contributed by atoms with Gasteiger partial charge in [-0.05, 0) is 24.3 Å². The van der Waals surface area contributed by atoms with Crippen molar-refractivity contribution < 1.29 is 19.7 Å². The lowest BCUT2D eigenvalue weighted by Gasteiger charge is -2.03. The van der Waals surface area contributed by atoms with Gasteiger partial charge in [-0.3, -0.25) is 0 Å². The van der Waals surface area contributed by atoms with E-state index in [-0.39, 0.29) is 0 Å². The molecule has 0 radical (unpaired) electrons. The Labute approximate surface area is 105 Å². The molecule has 0 atom stereocenters. The van der Waals surface area contributed by atoms with Crippen LogP contribution in [0.1, 0.15) is 0 Å². The molecule has 94 valence electrons. The predicted octanol–water partition coefficient (Wildman–Crippen LogP) is 2.54. The second-order valence-corrected chi connectivity index (χ2v) is 3.28. The first-order chi connectivity index (χ1) is 8.72. The van der Waals surface area contributed by atoms with E-state index in [1.807, 2.05) is 60.7 Å². The van der Waals surface area contributed by atoms with Crippen LogP contribution in [-0.2, 0) is 4.79 Å². The third-order valence-corrected chi connectivity index (χ3v) is 1.86. The molecule has 18 heavy (non-hydrogen) atoms. The maximum atomic E-state index is 9.12. The van der Waals surface area contributed by atoms with Crippen molar-refractivity contribution in [2.24, 2.45) is 0 Å². The van der Waals surface area contributed by atoms with E-state index in [9.17, 15) is 0 Å². The van der Waals surface area contributed by atoms with E-state index in [4.69, 9.17) is 19.7 Å². The molecule has 0 heterocycles. The van der Waals surface area contributed by atoms with Crippen molar-refractivity contribution in [3.63, 3.8) is 0 Å². The number of para-hydroxylation sites is 2. The predicted molar refractivity (Wildman–Crippen MR) is 67.7 cm³/mol. The van der Waals surface area contributed by atoms with E-state index in [0.29, 0.717) is 0 Å². The third kappa shape index (κ3) is 5.67. The maximum absolute atomic E-state index is 9.12. The highest BCUT2D eigenvalue weighted by Crippen LogP contribution is 2.19. The number of ether oxygens (including phenoxy) is 1. The quantitative estimate of drug-likeness (QED) is 0.873. The van der Waals surface area contributed by atoms with Gasteiger partial charge in [0.1, 0.15) is 18.1 Å². The average Bonchev–Trinajstić information content (AvgIpc) is 2.42. The molecule has 4 nitrogen and oxygen atoms in total. The zero-order chi connectivity index (χ0) is 13.2. The first-order valence-electron chi connectivity index (χ1n) is 5.33. The molecule has 0 aliphatic carbocycles. The molecule has 0 aliphatic heterocycles. The van der Waals surface area contributed by atoms with Gasteiger partial charge in [0.2, 0.25) is 0 Å². The molecule has 0 bridgehead atoms. The van der Waals surface area contributed by atoms with Crippen LogP contribution < -0.4 is 4.74 Å². The molecule has 0 spiro atoms. The summed E-state index contributed by atoms with van der Waals surface area (Å²) in [5.41, 5.74) is 0. The lowest BCUT2D eigenvalue weighted by Crippen LogP contribution is -1.98. The molecule has 2 rings (SSSR count). The fraction of sp³-hybridized carbons (Fsp3) is 0.0714. The van der Waals surface area contributed by atoms with Crippen molar-refractivity contribution in [1.82, 2.24) is 0 Å². The Kier molecular flexibility index (Phi) is 6.00. The van der Waals surface area contributed by atoms with Crippen LogP contribution in [0.15, 0.2) is 60.7 Å². The number of aliphatic hydroxyl groups is 1. The van der Waals surface area contributed by atoms with Gasteiger partial charge < -0.3 is 14.9 Å². The minimum absolute atomic E-state index is 0.778. The van der Waals surface area contributed by atoms with Gasteiger partial charge in [0.15, 0.2) is 0 Å². The number of benzene rings is 2. The highest BCUT2D eigenvalue weighted by molar-refractivity contribution is 5.67. The Bertz CT molecular complexity index is 416. The number of hydrogen-bond acceptors (Lipinski definition) is 3. The smallest absolute Gasteiger partial charge is 0.329 e. The van der Waals surface area contributed by atoms with Crippen LogP contribution in [0.25, 0.3) is 0 Å². The van der Waals surface area contributed by atoms with Crippen molar-refractivity contribution in [2.75, 3.05) is 6.61 Å². The van der Waals surface area contributed by atoms with E-state index in [1.54, 1.807) is 0 Å². The van der Waals surface area contributed by atoms with Gasteiger partial charge in [0.25, 0.3) is 0 Å². The molecule has 2 N–H and O–H groups in total. The molecular weight excluding hydrogens is 232 g/mol. The Morgan fingerprint density at radius 2 is 1.22 bits per heavy atom. The first-order valence-corrected chi connectivity index (χ1v) is 5.33. The van der Waals surface area contributed by atoms with Gasteiger partial charge in [-0.1, -0.05) is 36.4 Å². The normalized spacial score (nSPS) is 8.94. The van der Waals surface area contributed by atoms with E-state index >= 15 is 0 Å². The van der Waals surface area contributed by atoms with E-state index in [1.165, 1.54) is 0 Å². The molecule has 0 aromatic heterocycles. The average molecular weight is 246 g/mol. The lowest BCUT2D eigenvalue weighted by molar-refractivity contribution is -0.140. The molecule has 0 saturated heterocycles. The molecule has 0 unspecified atom stereocenters. The molecule has 0 saturated carbocycles. The van der Waals surface area contributed by atoms with Gasteiger partial charge in [-0.15, -0.1) is 0 Å². The minimum Gasteiger partial charge on any atom is -0.480 e. The standard InChI is InChI=1S/C12H10O.C2H4O3/c1-3-7-11(8-4-1)13-12-9-5-2-6-10-12;3-1-2(4)5/h1-10H;3H,1H2,(H,4,5). The maximum Gasteiger partial charge on any atom is 0.329 e. The molecule has 0 aliphatic rings. The Morgan fingerprint density at radius 3 is 1.50 bits per heavy atom. The fourth-order valence-electron chi connectivity index (χ4n) is 1.11. The van der Waals surface area contributed by atoms with Crippen LogP contribution in [-0.4, -0.2) is 22.8 Å². The minimum atomic E-state index is -1.19. The number of hydrogen-bond donors (Lipinski definition) is 2. The van der Waals surface area contributed by atoms with Crippen LogP contribution in [0, 0.1) is 0 Å². The largest absolute Gasteiger partial charge is 0.480 e. The van der Waals surface area contributed by atoms with Crippen molar-refractivity contribution >= 4 is 5.97 Å². The number of carbonyl (C=O) groups is 1. The van der Waals surface area contributed by atoms with Gasteiger partial charge in [0.05, 0.1) is 0 Å². The second-order valence-electron chi connectivity index (χ2n) is 3.28. The molecule has 2 aromatic rings. The molecule has 0 amide bonds. The lowest BCUT2D eigenvalue weighted by atomic mass is 10.3. The molecule has 2 aromatic carbocycles. The number of aliphatic carboxylic acids is 1. The van der Waals surface area contributed by atoms with Crippen LogP contribution in [0.4, 0.5) is 0 Å². The Balaban J connectivity index is 0.000000280. The highest BCUT2D eigenvalue weighted by atomic mass is 16.5. The third-order valence-electron chi connectivity index (χ3n) is 1.86. The fourth-order valence-corrected chi connectivity index (χ4v) is 1.11. The Hall–Kier alpha value is -2.33. The van der Waals surface area contributed by atoms with Gasteiger partial charge in [0, 0.05) is 0 Å². The zero-order valence-electron chi connectivity index (χ0n) is 9.69. The highest BCUT2D eigenvalue weighted by Gasteiger charge is 1.92. The monoisotopic (exact) mass is 246 g/mol. The van der Waals surface area contributed by atoms with Crippen molar-refractivity contribution in [3.8, 4) is 11.5 Å². The van der Waals surface area contributed by atoms with Crippen molar-refractivity contribution in [2.45, 2.75) is 0 Å². The molecular formula is C14H14O4. The number of carboxylic acid groups (broad SMARTS) is 1. The Morgan fingerprint density at radius 1 is 0.889 bits per heavy atom. The van der Waals surface area contributed by atoms with E-state index < -0.39 is 12.6 Å². The summed E-state index contributed by atoms with van der Waals surface area (Å²) in [6.07, 6.45) is 0. The summed E-state index contributed by atoms with van der Waals surface area (Å²) in [5, 5.41) is 15.0. The zero-order valence-corrected chi connectivity index (χ0v) is 9.69. The van der Waals surface area contributed by atoms with Gasteiger partial charge in [-0.25, -0.2) is 4.79 Å². The number of rotatable bonds is 3. The summed E-state index contributed by atoms with van der Waals surface area (Å²) in [6, 6.07) is 19.5. The summed E-state index contributed by atoms with van der Waals surface area (Å²) < 4.78 is 5.58. The summed E-state index contributed by atoms with van der Waals surface area (Å²) >= 11 is 0. The molecule has 4 heteroatoms. The molecule has 0 fully saturated rings. The van der Waals surface area contributed by atoms with Crippen LogP contribution in [0.2, 0.25) is 0 Å². The van der Waals surface area contributed by atoms with E-state index in [0.717, 1.165) is 11.5 Å². The SMILES string of the molecule is O=C(O)CO.c1ccc(Oc2ccccc2)cc1. The van der Waals surface area contributed by atoms with Gasteiger partial charge in [-0.2, -0.15) is 0 Å². The van der Waals surface area contributed by atoms with E-state index in [2.05, 4.69) is 0 Å². The van der Waals surface area contributed by atoms with Crippen LogP contribution in [0.5, 0.6) is 11.5 Å². The summed E-state index contributed by atoms with van der Waals surface area (Å²) in [7, 11) is 0. The summed E-state index contributed by atoms with van der Waals surface area (Å²) in [5.74, 6) is 0.549. The first kappa shape index (κ1) is 13.7. The van der Waals surface area contributed by atoms with Crippen molar-refractivity contribution in [1.29, 1.82) is 0 Å². The van der Waals surface area contributed by atoms with Crippen LogP contribution in [0.3, 0.4) is 0 Å².